The first kappa shape index (κ1) is 13.8. The Morgan fingerprint density at radius 3 is 3.11 bits per heavy atom. The zero-order valence-corrected chi connectivity index (χ0v) is 11.1. The molecule has 0 aromatic heterocycles. The summed E-state index contributed by atoms with van der Waals surface area (Å²) in [6, 6.07) is 7.62. The molecule has 1 atom stereocenters. The number of amides is 1. The minimum Gasteiger partial charge on any atom is -0.497 e. The second-order valence-electron chi connectivity index (χ2n) is 4.81. The molecule has 2 rings (SSSR count). The van der Waals surface area contributed by atoms with Gasteiger partial charge in [0.05, 0.1) is 19.8 Å². The number of carbonyl (C=O) groups is 1. The number of hydrogen-bond acceptors (Lipinski definition) is 4. The average Bonchev–Trinajstić information content (AvgIpc) is 2.82. The van der Waals surface area contributed by atoms with E-state index in [0.717, 1.165) is 24.3 Å². The van der Waals surface area contributed by atoms with Gasteiger partial charge in [-0.3, -0.25) is 9.69 Å². The predicted molar refractivity (Wildman–Crippen MR) is 71.9 cm³/mol. The Kier molecular flexibility index (Phi) is 4.76. The number of methoxy groups -OCH3 is 1. The van der Waals surface area contributed by atoms with Gasteiger partial charge in [0.15, 0.2) is 0 Å². The maximum atomic E-state index is 11.8. The van der Waals surface area contributed by atoms with Crippen molar-refractivity contribution in [2.75, 3.05) is 26.7 Å². The van der Waals surface area contributed by atoms with Gasteiger partial charge in [0.25, 0.3) is 0 Å². The third-order valence-corrected chi connectivity index (χ3v) is 3.24. The quantitative estimate of drug-likeness (QED) is 0.807. The monoisotopic (exact) mass is 264 g/mol. The largest absolute Gasteiger partial charge is 0.497 e. The van der Waals surface area contributed by atoms with Crippen molar-refractivity contribution in [3.63, 3.8) is 0 Å². The molecule has 1 heterocycles. The van der Waals surface area contributed by atoms with Crippen molar-refractivity contribution in [2.24, 2.45) is 0 Å². The molecule has 1 aliphatic heterocycles. The zero-order chi connectivity index (χ0) is 13.7. The van der Waals surface area contributed by atoms with Crippen LogP contribution >= 0.6 is 0 Å². The number of likely N-dealkylation sites (tertiary alicyclic amines) is 1. The van der Waals surface area contributed by atoms with Crippen LogP contribution in [0.5, 0.6) is 5.75 Å². The third-order valence-electron chi connectivity index (χ3n) is 3.24. The molecule has 1 aliphatic rings. The van der Waals surface area contributed by atoms with E-state index in [1.165, 1.54) is 0 Å². The van der Waals surface area contributed by atoms with Crippen molar-refractivity contribution in [1.29, 1.82) is 0 Å². The van der Waals surface area contributed by atoms with E-state index in [9.17, 15) is 9.90 Å². The highest BCUT2D eigenvalue weighted by Gasteiger charge is 2.21. The molecule has 1 saturated heterocycles. The summed E-state index contributed by atoms with van der Waals surface area (Å²) in [5.41, 5.74) is 1.01. The highest BCUT2D eigenvalue weighted by atomic mass is 16.5. The highest BCUT2D eigenvalue weighted by Crippen LogP contribution is 2.12. The van der Waals surface area contributed by atoms with E-state index in [0.29, 0.717) is 19.6 Å². The summed E-state index contributed by atoms with van der Waals surface area (Å²) in [6.07, 6.45) is 0.467. The Morgan fingerprint density at radius 1 is 1.58 bits per heavy atom. The molecule has 0 unspecified atom stereocenters. The van der Waals surface area contributed by atoms with E-state index in [4.69, 9.17) is 4.74 Å². The van der Waals surface area contributed by atoms with Crippen LogP contribution in [0.4, 0.5) is 0 Å². The number of rotatable bonds is 5. The minimum atomic E-state index is -0.286. The zero-order valence-electron chi connectivity index (χ0n) is 11.1. The smallest absolute Gasteiger partial charge is 0.234 e. The van der Waals surface area contributed by atoms with E-state index in [1.54, 1.807) is 7.11 Å². The van der Waals surface area contributed by atoms with Gasteiger partial charge in [-0.1, -0.05) is 12.1 Å². The molecule has 2 N–H and O–H groups in total. The summed E-state index contributed by atoms with van der Waals surface area (Å²) in [5, 5.41) is 12.3. The van der Waals surface area contributed by atoms with E-state index in [1.807, 2.05) is 29.2 Å². The summed E-state index contributed by atoms with van der Waals surface area (Å²) >= 11 is 0. The number of nitrogens with one attached hydrogen (secondary N) is 1. The predicted octanol–water partition coefficient (Wildman–Crippen LogP) is 0.378. The van der Waals surface area contributed by atoms with Crippen LogP contribution < -0.4 is 10.1 Å². The Bertz CT molecular complexity index is 436. The first-order valence-electron chi connectivity index (χ1n) is 6.47. The molecule has 5 nitrogen and oxygen atoms in total. The fourth-order valence-corrected chi connectivity index (χ4v) is 2.20. The molecule has 0 radical (unpaired) electrons. The van der Waals surface area contributed by atoms with Crippen LogP contribution in [-0.4, -0.2) is 48.8 Å². The number of hydrogen-bond donors (Lipinski definition) is 2. The third kappa shape index (κ3) is 4.22. The number of aliphatic hydroxyl groups excluding tert-OH is 1. The molecule has 0 aliphatic carbocycles. The van der Waals surface area contributed by atoms with Crippen molar-refractivity contribution in [3.05, 3.63) is 29.8 Å². The summed E-state index contributed by atoms with van der Waals surface area (Å²) < 4.78 is 5.13. The number of nitrogens with zero attached hydrogens (tertiary/aromatic N) is 1. The van der Waals surface area contributed by atoms with Gasteiger partial charge in [0.1, 0.15) is 5.75 Å². The Labute approximate surface area is 113 Å². The van der Waals surface area contributed by atoms with Crippen molar-refractivity contribution in [2.45, 2.75) is 19.1 Å². The standard InChI is InChI=1S/C14H20N2O3/c1-19-13-4-2-3-11(7-13)8-15-14(18)10-16-6-5-12(17)9-16/h2-4,7,12,17H,5-6,8-10H2,1H3,(H,15,18)/t12-/m0/s1. The van der Waals surface area contributed by atoms with Crippen molar-refractivity contribution < 1.29 is 14.6 Å². The van der Waals surface area contributed by atoms with E-state index in [-0.39, 0.29) is 12.0 Å². The van der Waals surface area contributed by atoms with E-state index >= 15 is 0 Å². The van der Waals surface area contributed by atoms with Crippen LogP contribution in [0.15, 0.2) is 24.3 Å². The lowest BCUT2D eigenvalue weighted by Gasteiger charge is -2.14. The van der Waals surface area contributed by atoms with Gasteiger partial charge < -0.3 is 15.2 Å². The van der Waals surface area contributed by atoms with Crippen LogP contribution in [0, 0.1) is 0 Å². The summed E-state index contributed by atoms with van der Waals surface area (Å²) in [7, 11) is 1.62. The number of ether oxygens (including phenoxy) is 1. The number of carbonyl (C=O) groups excluding carboxylic acids is 1. The van der Waals surface area contributed by atoms with Gasteiger partial charge in [-0.2, -0.15) is 0 Å². The first-order chi connectivity index (χ1) is 9.17. The number of aliphatic hydroxyl groups is 1. The lowest BCUT2D eigenvalue weighted by molar-refractivity contribution is -0.122. The Hall–Kier alpha value is -1.59. The second-order valence-corrected chi connectivity index (χ2v) is 4.81. The average molecular weight is 264 g/mol. The molecule has 1 aromatic rings. The van der Waals surface area contributed by atoms with Gasteiger partial charge in [0, 0.05) is 19.6 Å². The van der Waals surface area contributed by atoms with Crippen LogP contribution in [0.25, 0.3) is 0 Å². The molecular weight excluding hydrogens is 244 g/mol. The molecule has 0 bridgehead atoms. The van der Waals surface area contributed by atoms with Crippen LogP contribution in [0.2, 0.25) is 0 Å². The molecule has 19 heavy (non-hydrogen) atoms. The lowest BCUT2D eigenvalue weighted by atomic mass is 10.2. The molecule has 0 spiro atoms. The first-order valence-corrected chi connectivity index (χ1v) is 6.47. The number of benzene rings is 1. The molecule has 104 valence electrons. The maximum Gasteiger partial charge on any atom is 0.234 e. The highest BCUT2D eigenvalue weighted by molar-refractivity contribution is 5.78. The number of β-amino-alcohol motifs (C(OH)–C–C–N with tert-alkyl or cyclic N) is 1. The van der Waals surface area contributed by atoms with Crippen molar-refractivity contribution in [3.8, 4) is 5.75 Å². The Balaban J connectivity index is 1.76. The van der Waals surface area contributed by atoms with Crippen LogP contribution in [0.3, 0.4) is 0 Å². The molecule has 1 amide bonds. The molecular formula is C14H20N2O3. The lowest BCUT2D eigenvalue weighted by Crippen LogP contribution is -2.36. The second kappa shape index (κ2) is 6.54. The Morgan fingerprint density at radius 2 is 2.42 bits per heavy atom. The van der Waals surface area contributed by atoms with Crippen molar-refractivity contribution >= 4 is 5.91 Å². The van der Waals surface area contributed by atoms with Crippen LogP contribution in [0.1, 0.15) is 12.0 Å². The normalized spacial score (nSPS) is 19.4. The van der Waals surface area contributed by atoms with Gasteiger partial charge in [-0.15, -0.1) is 0 Å². The molecule has 1 fully saturated rings. The summed E-state index contributed by atoms with van der Waals surface area (Å²) in [5.74, 6) is 0.770. The van der Waals surface area contributed by atoms with E-state index < -0.39 is 0 Å². The fraction of sp³-hybridized carbons (Fsp3) is 0.500. The van der Waals surface area contributed by atoms with Crippen molar-refractivity contribution in [1.82, 2.24) is 10.2 Å². The van der Waals surface area contributed by atoms with Gasteiger partial charge in [-0.05, 0) is 24.1 Å². The minimum absolute atomic E-state index is 0.0167. The summed E-state index contributed by atoms with van der Waals surface area (Å²) in [4.78, 5) is 13.7. The van der Waals surface area contributed by atoms with Gasteiger partial charge in [0.2, 0.25) is 5.91 Å². The topological polar surface area (TPSA) is 61.8 Å². The summed E-state index contributed by atoms with van der Waals surface area (Å²) in [6.45, 7) is 2.22. The molecule has 0 saturated carbocycles. The van der Waals surface area contributed by atoms with Gasteiger partial charge in [-0.25, -0.2) is 0 Å². The molecule has 1 aromatic carbocycles. The van der Waals surface area contributed by atoms with Crippen LogP contribution in [-0.2, 0) is 11.3 Å². The maximum absolute atomic E-state index is 11.8. The molecule has 5 heteroatoms. The van der Waals surface area contributed by atoms with E-state index in [2.05, 4.69) is 5.32 Å². The SMILES string of the molecule is COc1cccc(CNC(=O)CN2CC[C@H](O)C2)c1. The fourth-order valence-electron chi connectivity index (χ4n) is 2.20. The van der Waals surface area contributed by atoms with Gasteiger partial charge >= 0.3 is 0 Å².